The summed E-state index contributed by atoms with van der Waals surface area (Å²) in [5.74, 6) is 3.40. The van der Waals surface area contributed by atoms with Gasteiger partial charge in [0, 0.05) is 23.5 Å². The molecule has 3 aromatic rings. The minimum absolute atomic E-state index is 0.0412. The van der Waals surface area contributed by atoms with Crippen molar-refractivity contribution in [2.24, 2.45) is 0 Å². The summed E-state index contributed by atoms with van der Waals surface area (Å²) in [4.78, 5) is 8.41. The molecule has 2 N–H and O–H groups in total. The number of fused-ring (bicyclic) bond motifs is 2. The van der Waals surface area contributed by atoms with Gasteiger partial charge < -0.3 is 29.6 Å². The van der Waals surface area contributed by atoms with Gasteiger partial charge in [0.2, 0.25) is 5.28 Å². The maximum absolute atomic E-state index is 6.55. The van der Waals surface area contributed by atoms with Gasteiger partial charge in [-0.05, 0) is 35.9 Å². The first kappa shape index (κ1) is 18.9. The van der Waals surface area contributed by atoms with Crippen LogP contribution in [0.25, 0.3) is 0 Å². The summed E-state index contributed by atoms with van der Waals surface area (Å²) in [7, 11) is 0. The third-order valence-corrected chi connectivity index (χ3v) is 4.96. The summed E-state index contributed by atoms with van der Waals surface area (Å²) in [5, 5.41) is 6.63. The highest BCUT2D eigenvalue weighted by Gasteiger charge is 2.17. The summed E-state index contributed by atoms with van der Waals surface area (Å²) in [5.41, 5.74) is 1.45. The maximum Gasteiger partial charge on any atom is 0.226 e. The average Bonchev–Trinajstić information content (AvgIpc) is 2.77. The molecule has 5 rings (SSSR count). The predicted molar refractivity (Wildman–Crippen MR) is 113 cm³/mol. The fourth-order valence-corrected chi connectivity index (χ4v) is 3.45. The van der Waals surface area contributed by atoms with Gasteiger partial charge in [-0.15, -0.1) is 0 Å². The van der Waals surface area contributed by atoms with Gasteiger partial charge in [-0.25, -0.2) is 0 Å². The molecule has 0 aliphatic carbocycles. The number of benzene rings is 2. The Morgan fingerprint density at radius 1 is 0.633 bits per heavy atom. The zero-order chi connectivity index (χ0) is 20.5. The Morgan fingerprint density at radius 3 is 1.53 bits per heavy atom. The summed E-state index contributed by atoms with van der Waals surface area (Å²) in [6.07, 6.45) is 0. The van der Waals surface area contributed by atoms with Gasteiger partial charge in [-0.1, -0.05) is 11.6 Å². The first-order valence-electron chi connectivity index (χ1n) is 9.22. The zero-order valence-electron chi connectivity index (χ0n) is 15.6. The molecule has 30 heavy (non-hydrogen) atoms. The van der Waals surface area contributed by atoms with Crippen LogP contribution >= 0.6 is 23.2 Å². The van der Waals surface area contributed by atoms with Crippen molar-refractivity contribution in [1.29, 1.82) is 0 Å². The van der Waals surface area contributed by atoms with Crippen LogP contribution in [0.5, 0.6) is 23.0 Å². The SMILES string of the molecule is Clc1nc(Nc2ccc3c(c2)OCCO3)c(Cl)c(Nc2ccc3c(c2)OCCO3)n1. The molecular formula is C20H16Cl2N4O4. The Morgan fingerprint density at radius 2 is 1.07 bits per heavy atom. The molecule has 0 radical (unpaired) electrons. The number of hydrogen-bond acceptors (Lipinski definition) is 8. The van der Waals surface area contributed by atoms with Crippen LogP contribution in [0.1, 0.15) is 0 Å². The molecule has 0 spiro atoms. The second-order valence-electron chi connectivity index (χ2n) is 6.47. The molecule has 10 heteroatoms. The van der Waals surface area contributed by atoms with Crippen LogP contribution in [-0.4, -0.2) is 36.4 Å². The lowest BCUT2D eigenvalue weighted by molar-refractivity contribution is 0.171. The van der Waals surface area contributed by atoms with E-state index < -0.39 is 0 Å². The molecule has 0 saturated heterocycles. The smallest absolute Gasteiger partial charge is 0.226 e. The van der Waals surface area contributed by atoms with E-state index in [0.717, 1.165) is 11.4 Å². The molecule has 0 bridgehead atoms. The Bertz CT molecular complexity index is 1030. The molecule has 154 valence electrons. The van der Waals surface area contributed by atoms with Crippen molar-refractivity contribution in [2.45, 2.75) is 0 Å². The van der Waals surface area contributed by atoms with Crippen molar-refractivity contribution in [1.82, 2.24) is 9.97 Å². The molecule has 2 aliphatic heterocycles. The maximum atomic E-state index is 6.55. The highest BCUT2D eigenvalue weighted by atomic mass is 35.5. The van der Waals surface area contributed by atoms with E-state index in [-0.39, 0.29) is 10.3 Å². The van der Waals surface area contributed by atoms with Crippen molar-refractivity contribution in [3.8, 4) is 23.0 Å². The van der Waals surface area contributed by atoms with Crippen LogP contribution in [0.3, 0.4) is 0 Å². The number of anilines is 4. The number of halogens is 2. The van der Waals surface area contributed by atoms with Crippen LogP contribution < -0.4 is 29.6 Å². The van der Waals surface area contributed by atoms with E-state index in [1.807, 2.05) is 36.4 Å². The van der Waals surface area contributed by atoms with Crippen molar-refractivity contribution in [3.05, 3.63) is 46.7 Å². The third kappa shape index (κ3) is 3.83. The molecular weight excluding hydrogens is 431 g/mol. The molecule has 0 amide bonds. The van der Waals surface area contributed by atoms with Gasteiger partial charge in [-0.2, -0.15) is 9.97 Å². The van der Waals surface area contributed by atoms with Crippen molar-refractivity contribution < 1.29 is 18.9 Å². The number of rotatable bonds is 4. The van der Waals surface area contributed by atoms with E-state index in [1.165, 1.54) is 0 Å². The van der Waals surface area contributed by atoms with E-state index >= 15 is 0 Å². The van der Waals surface area contributed by atoms with Crippen molar-refractivity contribution in [3.63, 3.8) is 0 Å². The second kappa shape index (κ2) is 7.97. The van der Waals surface area contributed by atoms with E-state index in [2.05, 4.69) is 20.6 Å². The lowest BCUT2D eigenvalue weighted by Crippen LogP contribution is -2.15. The third-order valence-electron chi connectivity index (χ3n) is 4.43. The highest BCUT2D eigenvalue weighted by Crippen LogP contribution is 2.38. The Labute approximate surface area is 182 Å². The fraction of sp³-hybridized carbons (Fsp3) is 0.200. The molecule has 1 aromatic heterocycles. The highest BCUT2D eigenvalue weighted by molar-refractivity contribution is 6.36. The van der Waals surface area contributed by atoms with Gasteiger partial charge in [0.05, 0.1) is 0 Å². The summed E-state index contributed by atoms with van der Waals surface area (Å²) >= 11 is 12.7. The molecule has 0 saturated carbocycles. The number of hydrogen-bond donors (Lipinski definition) is 2. The number of nitrogens with one attached hydrogen (secondary N) is 2. The Balaban J connectivity index is 1.41. The van der Waals surface area contributed by atoms with Crippen molar-refractivity contribution >= 4 is 46.2 Å². The standard InChI is InChI=1S/C20H16Cl2N4O4/c21-17-18(23-11-1-3-13-15(9-11)29-7-5-27-13)25-20(22)26-19(17)24-12-2-4-14-16(10-12)30-8-6-28-14/h1-4,9-10H,5-8H2,(H2,23,24,25,26). The number of nitrogens with zero attached hydrogens (tertiary/aromatic N) is 2. The van der Waals surface area contributed by atoms with Crippen LogP contribution in [0, 0.1) is 0 Å². The van der Waals surface area contributed by atoms with E-state index in [0.29, 0.717) is 61.1 Å². The molecule has 0 fully saturated rings. The minimum Gasteiger partial charge on any atom is -0.486 e. The van der Waals surface area contributed by atoms with Crippen LogP contribution in [0.15, 0.2) is 36.4 Å². The predicted octanol–water partition coefficient (Wildman–Crippen LogP) is 4.81. The molecule has 2 aromatic carbocycles. The monoisotopic (exact) mass is 446 g/mol. The van der Waals surface area contributed by atoms with Gasteiger partial charge in [0.15, 0.2) is 34.6 Å². The first-order chi connectivity index (χ1) is 14.7. The molecule has 0 unspecified atom stereocenters. The van der Waals surface area contributed by atoms with Crippen LogP contribution in [0.2, 0.25) is 10.3 Å². The number of aromatic nitrogens is 2. The summed E-state index contributed by atoms with van der Waals surface area (Å²) in [6, 6.07) is 11.0. The van der Waals surface area contributed by atoms with Gasteiger partial charge in [0.25, 0.3) is 0 Å². The van der Waals surface area contributed by atoms with E-state index in [9.17, 15) is 0 Å². The normalized spacial score (nSPS) is 14.2. The lowest BCUT2D eigenvalue weighted by Gasteiger charge is -2.20. The van der Waals surface area contributed by atoms with Gasteiger partial charge in [0.1, 0.15) is 31.5 Å². The minimum atomic E-state index is 0.0412. The van der Waals surface area contributed by atoms with E-state index in [1.54, 1.807) is 0 Å². The Hall–Kier alpha value is -3.10. The van der Waals surface area contributed by atoms with Crippen LogP contribution in [0.4, 0.5) is 23.0 Å². The van der Waals surface area contributed by atoms with Crippen LogP contribution in [-0.2, 0) is 0 Å². The largest absolute Gasteiger partial charge is 0.486 e. The van der Waals surface area contributed by atoms with E-state index in [4.69, 9.17) is 42.1 Å². The van der Waals surface area contributed by atoms with Gasteiger partial charge >= 0.3 is 0 Å². The number of ether oxygens (including phenoxy) is 4. The lowest BCUT2D eigenvalue weighted by atomic mass is 10.2. The molecule has 8 nitrogen and oxygen atoms in total. The molecule has 0 atom stereocenters. The Kier molecular flexibility index (Phi) is 5.02. The van der Waals surface area contributed by atoms with Crippen molar-refractivity contribution in [2.75, 3.05) is 37.1 Å². The summed E-state index contributed by atoms with van der Waals surface area (Å²) < 4.78 is 22.3. The molecule has 2 aliphatic rings. The fourth-order valence-electron chi connectivity index (χ4n) is 3.10. The average molecular weight is 447 g/mol. The summed E-state index contributed by atoms with van der Waals surface area (Å²) in [6.45, 7) is 2.06. The van der Waals surface area contributed by atoms with Gasteiger partial charge in [-0.3, -0.25) is 0 Å². The molecule has 3 heterocycles. The quantitative estimate of drug-likeness (QED) is 0.551. The second-order valence-corrected chi connectivity index (χ2v) is 7.19. The topological polar surface area (TPSA) is 86.8 Å². The first-order valence-corrected chi connectivity index (χ1v) is 9.98. The zero-order valence-corrected chi connectivity index (χ0v) is 17.1.